The Balaban J connectivity index is 1.73. The van der Waals surface area contributed by atoms with Gasteiger partial charge in [-0.1, -0.05) is 24.3 Å². The lowest BCUT2D eigenvalue weighted by atomic mass is 10.1. The Hall–Kier alpha value is -3.09. The highest BCUT2D eigenvalue weighted by Gasteiger charge is 2.13. The molecule has 0 aliphatic carbocycles. The van der Waals surface area contributed by atoms with Crippen LogP contribution in [0.2, 0.25) is 0 Å². The molecule has 0 aliphatic heterocycles. The molecule has 2 aromatic carbocycles. The summed E-state index contributed by atoms with van der Waals surface area (Å²) in [5.41, 5.74) is 10.5. The van der Waals surface area contributed by atoms with Gasteiger partial charge < -0.3 is 16.0 Å². The van der Waals surface area contributed by atoms with Crippen LogP contribution in [-0.4, -0.2) is 11.4 Å². The zero-order valence-electron chi connectivity index (χ0n) is 14.0. The lowest BCUT2D eigenvalue weighted by molar-refractivity contribution is -0.106. The summed E-state index contributed by atoms with van der Waals surface area (Å²) in [6.07, 6.45) is 0.816. The van der Waals surface area contributed by atoms with E-state index in [4.69, 9.17) is 5.73 Å². The SMILES string of the molecule is NCc1ccc(N(C=O)c2cc3ccccc3[nH]2)cc1Nc1ccsc1. The molecule has 0 spiro atoms. The molecule has 1 amide bonds. The van der Waals surface area contributed by atoms with Crippen LogP contribution in [0.1, 0.15) is 5.56 Å². The molecule has 0 atom stereocenters. The Kier molecular flexibility index (Phi) is 4.43. The van der Waals surface area contributed by atoms with Gasteiger partial charge in [0.1, 0.15) is 5.82 Å². The van der Waals surface area contributed by atoms with Crippen LogP contribution in [0.15, 0.2) is 65.4 Å². The van der Waals surface area contributed by atoms with E-state index in [1.165, 1.54) is 0 Å². The van der Waals surface area contributed by atoms with Crippen LogP contribution in [0, 0.1) is 0 Å². The third kappa shape index (κ3) is 3.08. The van der Waals surface area contributed by atoms with Gasteiger partial charge in [0.2, 0.25) is 6.41 Å². The van der Waals surface area contributed by atoms with Gasteiger partial charge in [0, 0.05) is 34.2 Å². The normalized spacial score (nSPS) is 10.8. The van der Waals surface area contributed by atoms with E-state index >= 15 is 0 Å². The number of aromatic nitrogens is 1. The number of amides is 1. The predicted molar refractivity (Wildman–Crippen MR) is 108 cm³/mol. The number of para-hydroxylation sites is 1. The average molecular weight is 362 g/mol. The van der Waals surface area contributed by atoms with Gasteiger partial charge in [-0.2, -0.15) is 11.3 Å². The first-order valence-electron chi connectivity index (χ1n) is 8.23. The van der Waals surface area contributed by atoms with E-state index in [2.05, 4.69) is 10.3 Å². The molecule has 0 fully saturated rings. The molecule has 4 aromatic rings. The van der Waals surface area contributed by atoms with Crippen molar-refractivity contribution in [3.8, 4) is 0 Å². The third-order valence-electron chi connectivity index (χ3n) is 4.27. The molecule has 4 N–H and O–H groups in total. The van der Waals surface area contributed by atoms with E-state index in [-0.39, 0.29) is 0 Å². The van der Waals surface area contributed by atoms with E-state index < -0.39 is 0 Å². The van der Waals surface area contributed by atoms with Crippen molar-refractivity contribution in [2.75, 3.05) is 10.2 Å². The van der Waals surface area contributed by atoms with E-state index in [1.807, 2.05) is 65.4 Å². The number of hydrogen-bond acceptors (Lipinski definition) is 4. The Bertz CT molecular complexity index is 1010. The number of aromatic amines is 1. The molecular weight excluding hydrogens is 344 g/mol. The Morgan fingerprint density at radius 2 is 2.04 bits per heavy atom. The lowest BCUT2D eigenvalue weighted by Gasteiger charge is -2.18. The number of anilines is 4. The van der Waals surface area contributed by atoms with Crippen molar-refractivity contribution in [2.45, 2.75) is 6.54 Å². The topological polar surface area (TPSA) is 74.1 Å². The van der Waals surface area contributed by atoms with Gasteiger partial charge in [-0.25, -0.2) is 0 Å². The minimum atomic E-state index is 0.417. The number of thiophene rings is 1. The van der Waals surface area contributed by atoms with Crippen molar-refractivity contribution in [2.24, 2.45) is 5.73 Å². The smallest absolute Gasteiger partial charge is 0.219 e. The molecule has 0 saturated heterocycles. The van der Waals surface area contributed by atoms with Crippen molar-refractivity contribution < 1.29 is 4.79 Å². The maximum atomic E-state index is 11.8. The first-order chi connectivity index (χ1) is 12.8. The molecule has 6 heteroatoms. The summed E-state index contributed by atoms with van der Waals surface area (Å²) in [4.78, 5) is 16.7. The van der Waals surface area contributed by atoms with E-state index in [1.54, 1.807) is 16.2 Å². The number of carbonyl (C=O) groups excluding carboxylic acids is 1. The van der Waals surface area contributed by atoms with Gasteiger partial charge in [0.25, 0.3) is 0 Å². The van der Waals surface area contributed by atoms with Crippen LogP contribution in [0.25, 0.3) is 10.9 Å². The van der Waals surface area contributed by atoms with E-state index in [0.717, 1.165) is 45.8 Å². The molecule has 130 valence electrons. The zero-order chi connectivity index (χ0) is 17.9. The molecule has 0 bridgehead atoms. The third-order valence-corrected chi connectivity index (χ3v) is 4.96. The van der Waals surface area contributed by atoms with E-state index in [0.29, 0.717) is 6.54 Å². The number of hydrogen-bond donors (Lipinski definition) is 3. The second-order valence-corrected chi connectivity index (χ2v) is 6.68. The van der Waals surface area contributed by atoms with Gasteiger partial charge in [-0.15, -0.1) is 0 Å². The van der Waals surface area contributed by atoms with Crippen LogP contribution in [0.5, 0.6) is 0 Å². The highest BCUT2D eigenvalue weighted by Crippen LogP contribution is 2.31. The summed E-state index contributed by atoms with van der Waals surface area (Å²) in [6.45, 7) is 0.417. The largest absolute Gasteiger partial charge is 0.355 e. The summed E-state index contributed by atoms with van der Waals surface area (Å²) in [7, 11) is 0. The quantitative estimate of drug-likeness (QED) is 0.434. The number of rotatable bonds is 6. The molecule has 2 heterocycles. The first-order valence-corrected chi connectivity index (χ1v) is 9.17. The highest BCUT2D eigenvalue weighted by molar-refractivity contribution is 7.08. The first kappa shape index (κ1) is 16.4. The van der Waals surface area contributed by atoms with Gasteiger partial charge in [0.05, 0.1) is 5.69 Å². The number of nitrogens with zero attached hydrogens (tertiary/aromatic N) is 1. The van der Waals surface area contributed by atoms with Gasteiger partial charge in [-0.3, -0.25) is 9.69 Å². The predicted octanol–water partition coefficient (Wildman–Crippen LogP) is 4.73. The average Bonchev–Trinajstić information content (AvgIpc) is 3.32. The Morgan fingerprint density at radius 1 is 1.15 bits per heavy atom. The van der Waals surface area contributed by atoms with Gasteiger partial charge in [0.15, 0.2) is 0 Å². The van der Waals surface area contributed by atoms with Gasteiger partial charge >= 0.3 is 0 Å². The molecule has 2 aromatic heterocycles. The number of fused-ring (bicyclic) bond motifs is 1. The number of carbonyl (C=O) groups is 1. The summed E-state index contributed by atoms with van der Waals surface area (Å²) in [5.74, 6) is 0.725. The van der Waals surface area contributed by atoms with Crippen molar-refractivity contribution in [1.29, 1.82) is 0 Å². The second-order valence-electron chi connectivity index (χ2n) is 5.90. The second kappa shape index (κ2) is 7.03. The number of nitrogens with two attached hydrogens (primary N) is 1. The Labute approximate surface area is 155 Å². The van der Waals surface area contributed by atoms with Crippen molar-refractivity contribution >= 4 is 51.5 Å². The fourth-order valence-corrected chi connectivity index (χ4v) is 3.53. The van der Waals surface area contributed by atoms with Gasteiger partial charge in [-0.05, 0) is 41.3 Å². The minimum Gasteiger partial charge on any atom is -0.355 e. The maximum absolute atomic E-state index is 11.8. The molecule has 0 radical (unpaired) electrons. The number of H-pyrrole nitrogens is 1. The van der Waals surface area contributed by atoms with Crippen LogP contribution < -0.4 is 16.0 Å². The maximum Gasteiger partial charge on any atom is 0.219 e. The number of benzene rings is 2. The molecule has 0 saturated carbocycles. The minimum absolute atomic E-state index is 0.417. The van der Waals surface area contributed by atoms with Crippen LogP contribution in [0.3, 0.4) is 0 Å². The number of nitrogens with one attached hydrogen (secondary N) is 2. The van der Waals surface area contributed by atoms with Crippen LogP contribution in [0.4, 0.5) is 22.9 Å². The van der Waals surface area contributed by atoms with Crippen LogP contribution in [-0.2, 0) is 11.3 Å². The monoisotopic (exact) mass is 362 g/mol. The van der Waals surface area contributed by atoms with E-state index in [9.17, 15) is 4.79 Å². The van der Waals surface area contributed by atoms with Crippen LogP contribution >= 0.6 is 11.3 Å². The fraction of sp³-hybridized carbons (Fsp3) is 0.0500. The molecule has 5 nitrogen and oxygen atoms in total. The van der Waals surface area contributed by atoms with Crippen molar-refractivity contribution in [3.63, 3.8) is 0 Å². The summed E-state index contributed by atoms with van der Waals surface area (Å²) < 4.78 is 0. The lowest BCUT2D eigenvalue weighted by Crippen LogP contribution is -2.15. The fourth-order valence-electron chi connectivity index (χ4n) is 2.94. The summed E-state index contributed by atoms with van der Waals surface area (Å²) in [5, 5.41) is 8.48. The summed E-state index contributed by atoms with van der Waals surface area (Å²) >= 11 is 1.62. The Morgan fingerprint density at radius 3 is 2.77 bits per heavy atom. The zero-order valence-corrected chi connectivity index (χ0v) is 14.8. The molecule has 26 heavy (non-hydrogen) atoms. The van der Waals surface area contributed by atoms with Crippen molar-refractivity contribution in [3.05, 3.63) is 70.9 Å². The van der Waals surface area contributed by atoms with Crippen molar-refractivity contribution in [1.82, 2.24) is 4.98 Å². The molecule has 0 unspecified atom stereocenters. The highest BCUT2D eigenvalue weighted by atomic mass is 32.1. The summed E-state index contributed by atoms with van der Waals surface area (Å²) in [6, 6.07) is 17.7. The molecule has 0 aliphatic rings. The molecule has 4 rings (SSSR count). The molecular formula is C20H18N4OS. The standard InChI is InChI=1S/C20H18N4OS/c21-11-15-5-6-17(10-19(15)22-16-7-8-26-12-16)24(13-25)20-9-14-3-1-2-4-18(14)23-20/h1-10,12-13,22-23H,11,21H2.